The summed E-state index contributed by atoms with van der Waals surface area (Å²) in [6.45, 7) is 1.74. The van der Waals surface area contributed by atoms with E-state index in [-0.39, 0.29) is 18.4 Å². The van der Waals surface area contributed by atoms with Gasteiger partial charge in [-0.3, -0.25) is 9.59 Å². The Morgan fingerprint density at radius 3 is 2.95 bits per heavy atom. The molecule has 1 aliphatic heterocycles. The molecule has 0 fully saturated rings. The number of H-pyrrole nitrogens is 1. The van der Waals surface area contributed by atoms with Gasteiger partial charge in [-0.05, 0) is 12.1 Å². The van der Waals surface area contributed by atoms with Crippen molar-refractivity contribution in [3.05, 3.63) is 29.6 Å². The molecule has 0 saturated carbocycles. The van der Waals surface area contributed by atoms with Crippen molar-refractivity contribution < 1.29 is 9.59 Å². The van der Waals surface area contributed by atoms with Gasteiger partial charge in [0.15, 0.2) is 0 Å². The first-order valence-electron chi connectivity index (χ1n) is 6.28. The first kappa shape index (κ1) is 12.4. The van der Waals surface area contributed by atoms with E-state index in [1.54, 1.807) is 36.5 Å². The van der Waals surface area contributed by atoms with E-state index in [0.29, 0.717) is 11.2 Å². The molecule has 2 aromatic rings. The van der Waals surface area contributed by atoms with Crippen molar-refractivity contribution in [2.75, 3.05) is 18.5 Å². The normalized spacial score (nSPS) is 13.9. The highest BCUT2D eigenvalue weighted by Gasteiger charge is 2.24. The van der Waals surface area contributed by atoms with Crippen LogP contribution >= 0.6 is 0 Å². The molecule has 0 aliphatic carbocycles. The highest BCUT2D eigenvalue weighted by atomic mass is 16.2. The average molecular weight is 270 g/mol. The van der Waals surface area contributed by atoms with Gasteiger partial charge >= 0.3 is 0 Å². The zero-order valence-electron chi connectivity index (χ0n) is 11.2. The lowest BCUT2D eigenvalue weighted by Crippen LogP contribution is -2.34. The molecule has 20 heavy (non-hydrogen) atoms. The van der Waals surface area contributed by atoms with Gasteiger partial charge in [-0.2, -0.15) is 0 Å². The van der Waals surface area contributed by atoms with Crippen molar-refractivity contribution in [2.24, 2.45) is 0 Å². The van der Waals surface area contributed by atoms with E-state index in [9.17, 15) is 9.59 Å². The van der Waals surface area contributed by atoms with E-state index in [1.807, 2.05) is 0 Å². The van der Waals surface area contributed by atoms with E-state index in [2.05, 4.69) is 15.3 Å². The van der Waals surface area contributed by atoms with Gasteiger partial charge in [-0.25, -0.2) is 4.98 Å². The molecule has 0 saturated heterocycles. The lowest BCUT2D eigenvalue weighted by atomic mass is 10.1. The molecule has 1 aliphatic rings. The van der Waals surface area contributed by atoms with E-state index in [4.69, 9.17) is 0 Å². The van der Waals surface area contributed by atoms with Gasteiger partial charge in [0.2, 0.25) is 11.8 Å². The molecule has 0 unspecified atom stereocenters. The number of likely N-dealkylation sites (N-methyl/N-ethyl adjacent to an activating group) is 1. The van der Waals surface area contributed by atoms with Crippen LogP contribution in [-0.2, 0) is 9.59 Å². The maximum absolute atomic E-state index is 11.9. The Bertz CT molecular complexity index is 745. The summed E-state index contributed by atoms with van der Waals surface area (Å²) in [5.74, 6) is -0.298. The van der Waals surface area contributed by atoms with Crippen LogP contribution in [-0.4, -0.2) is 35.4 Å². The number of nitrogens with one attached hydrogen (secondary N) is 2. The number of aromatic nitrogens is 2. The van der Waals surface area contributed by atoms with E-state index in [0.717, 1.165) is 16.6 Å². The summed E-state index contributed by atoms with van der Waals surface area (Å²) in [5.41, 5.74) is 2.89. The largest absolute Gasteiger partial charge is 0.355 e. The molecule has 3 rings (SSSR count). The van der Waals surface area contributed by atoms with Crippen molar-refractivity contribution in [3.8, 4) is 0 Å². The molecule has 3 heterocycles. The molecular weight excluding hydrogens is 256 g/mol. The third-order valence-corrected chi connectivity index (χ3v) is 3.43. The van der Waals surface area contributed by atoms with E-state index >= 15 is 0 Å². The number of anilines is 1. The fourth-order valence-electron chi connectivity index (χ4n) is 2.47. The number of pyridine rings is 1. The highest BCUT2D eigenvalue weighted by Crippen LogP contribution is 2.33. The molecule has 6 nitrogen and oxygen atoms in total. The molecule has 6 heteroatoms. The Morgan fingerprint density at radius 1 is 1.45 bits per heavy atom. The second-order valence-electron chi connectivity index (χ2n) is 4.65. The average Bonchev–Trinajstić information content (AvgIpc) is 2.76. The second-order valence-corrected chi connectivity index (χ2v) is 4.65. The van der Waals surface area contributed by atoms with Crippen LogP contribution in [0.3, 0.4) is 0 Å². The predicted molar refractivity (Wildman–Crippen MR) is 76.2 cm³/mol. The SMILES string of the molecule is CNC(=O)C1=Cc2c[nH]c3nccc(c23)N(C(C)=O)C1. The van der Waals surface area contributed by atoms with Crippen LogP contribution in [0, 0.1) is 0 Å². The molecular formula is C14H14N4O2. The predicted octanol–water partition coefficient (Wildman–Crippen LogP) is 1.06. The van der Waals surface area contributed by atoms with Crippen LogP contribution in [0.1, 0.15) is 12.5 Å². The Morgan fingerprint density at radius 2 is 2.25 bits per heavy atom. The minimum atomic E-state index is -0.189. The molecule has 102 valence electrons. The number of aromatic amines is 1. The first-order valence-corrected chi connectivity index (χ1v) is 6.28. The van der Waals surface area contributed by atoms with Crippen molar-refractivity contribution >= 4 is 34.6 Å². The summed E-state index contributed by atoms with van der Waals surface area (Å²) in [7, 11) is 1.58. The third kappa shape index (κ3) is 1.77. The first-order chi connectivity index (χ1) is 9.61. The minimum absolute atomic E-state index is 0.110. The summed E-state index contributed by atoms with van der Waals surface area (Å²) >= 11 is 0. The Kier molecular flexibility index (Phi) is 2.78. The standard InChI is InChI=1S/C14H14N4O2/c1-8(19)18-7-10(14(20)15-2)5-9-6-17-13-12(9)11(18)3-4-16-13/h3-6H,7H2,1-2H3,(H,15,20)(H,16,17). The quantitative estimate of drug-likeness (QED) is 0.813. The number of hydrogen-bond donors (Lipinski definition) is 2. The molecule has 0 aromatic carbocycles. The lowest BCUT2D eigenvalue weighted by molar-refractivity contribution is -0.117. The fourth-order valence-corrected chi connectivity index (χ4v) is 2.47. The molecule has 0 spiro atoms. The van der Waals surface area contributed by atoms with Gasteiger partial charge < -0.3 is 15.2 Å². The van der Waals surface area contributed by atoms with Crippen LogP contribution in [0.4, 0.5) is 5.69 Å². The van der Waals surface area contributed by atoms with Crippen LogP contribution in [0.2, 0.25) is 0 Å². The summed E-state index contributed by atoms with van der Waals surface area (Å²) in [6, 6.07) is 1.79. The monoisotopic (exact) mass is 270 g/mol. The summed E-state index contributed by atoms with van der Waals surface area (Å²) in [6.07, 6.45) is 5.25. The van der Waals surface area contributed by atoms with Gasteiger partial charge in [0.1, 0.15) is 5.65 Å². The van der Waals surface area contributed by atoms with Gasteiger partial charge in [-0.15, -0.1) is 0 Å². The van der Waals surface area contributed by atoms with Crippen LogP contribution in [0.5, 0.6) is 0 Å². The van der Waals surface area contributed by atoms with Gasteiger partial charge in [0.25, 0.3) is 0 Å². The van der Waals surface area contributed by atoms with Gasteiger partial charge in [0.05, 0.1) is 12.2 Å². The summed E-state index contributed by atoms with van der Waals surface area (Å²) in [5, 5.41) is 3.46. The number of carbonyl (C=O) groups excluding carboxylic acids is 2. The van der Waals surface area contributed by atoms with Crippen molar-refractivity contribution in [1.29, 1.82) is 0 Å². The van der Waals surface area contributed by atoms with Crippen LogP contribution < -0.4 is 10.2 Å². The van der Waals surface area contributed by atoms with Gasteiger partial charge in [0, 0.05) is 42.9 Å². The van der Waals surface area contributed by atoms with E-state index in [1.165, 1.54) is 6.92 Å². The maximum atomic E-state index is 11.9. The summed E-state index contributed by atoms with van der Waals surface area (Å²) in [4.78, 5) is 32.8. The number of carbonyl (C=O) groups is 2. The zero-order chi connectivity index (χ0) is 14.3. The fraction of sp³-hybridized carbons (Fsp3) is 0.214. The molecule has 0 radical (unpaired) electrons. The molecule has 0 atom stereocenters. The molecule has 2 aromatic heterocycles. The maximum Gasteiger partial charge on any atom is 0.248 e. The van der Waals surface area contributed by atoms with Crippen LogP contribution in [0.25, 0.3) is 17.1 Å². The summed E-state index contributed by atoms with van der Waals surface area (Å²) < 4.78 is 0. The van der Waals surface area contributed by atoms with Gasteiger partial charge in [-0.1, -0.05) is 0 Å². The Hall–Kier alpha value is -2.63. The van der Waals surface area contributed by atoms with Crippen molar-refractivity contribution in [1.82, 2.24) is 15.3 Å². The third-order valence-electron chi connectivity index (χ3n) is 3.43. The van der Waals surface area contributed by atoms with Crippen molar-refractivity contribution in [3.63, 3.8) is 0 Å². The minimum Gasteiger partial charge on any atom is -0.355 e. The van der Waals surface area contributed by atoms with E-state index < -0.39 is 0 Å². The Labute approximate surface area is 115 Å². The number of rotatable bonds is 1. The zero-order valence-corrected chi connectivity index (χ0v) is 11.2. The number of amides is 2. The highest BCUT2D eigenvalue weighted by molar-refractivity contribution is 6.10. The lowest BCUT2D eigenvalue weighted by Gasteiger charge is -2.21. The van der Waals surface area contributed by atoms with Crippen LogP contribution in [0.15, 0.2) is 24.0 Å². The number of hydrogen-bond acceptors (Lipinski definition) is 3. The number of nitrogens with zero attached hydrogens (tertiary/aromatic N) is 2. The molecule has 2 amide bonds. The van der Waals surface area contributed by atoms with Crippen molar-refractivity contribution in [2.45, 2.75) is 6.92 Å². The smallest absolute Gasteiger partial charge is 0.248 e. The molecule has 0 bridgehead atoms. The topological polar surface area (TPSA) is 78.1 Å². The Balaban J connectivity index is 2.27. The molecule has 2 N–H and O–H groups in total. The second kappa shape index (κ2) is 4.48.